The van der Waals surface area contributed by atoms with E-state index < -0.39 is 48.4 Å². The Hall–Kier alpha value is -3.15. The zero-order valence-electron chi connectivity index (χ0n) is 14.8. The maximum Gasteiger partial charge on any atom is 0.303 e. The van der Waals surface area contributed by atoms with Crippen LogP contribution in [0.1, 0.15) is 31.3 Å². The smallest absolute Gasteiger partial charge is 0.303 e. The largest absolute Gasteiger partial charge is 0.463 e. The maximum atomic E-state index is 11.5. The molecule has 0 aliphatic carbocycles. The number of imidazole rings is 1. The predicted molar refractivity (Wildman–Crippen MR) is 84.1 cm³/mol. The lowest BCUT2D eigenvalue weighted by molar-refractivity contribution is -0.171. The zero-order chi connectivity index (χ0) is 20.1. The Bertz CT molecular complexity index is 732. The number of carbonyl (C=O) groups excluding carboxylic acids is 4. The molecule has 0 unspecified atom stereocenters. The first-order valence-corrected chi connectivity index (χ1v) is 7.82. The third kappa shape index (κ3) is 5.17. The number of hydrogen-bond acceptors (Lipinski definition) is 10. The molecule has 3 N–H and O–H groups in total. The van der Waals surface area contributed by atoms with E-state index in [2.05, 4.69) is 9.97 Å². The Morgan fingerprint density at radius 2 is 1.74 bits per heavy atom. The summed E-state index contributed by atoms with van der Waals surface area (Å²) in [5.74, 6) is -2.99. The lowest BCUT2D eigenvalue weighted by atomic mass is 10.1. The second-order valence-electron chi connectivity index (χ2n) is 5.56. The molecule has 12 nitrogen and oxygen atoms in total. The van der Waals surface area contributed by atoms with Gasteiger partial charge in [-0.15, -0.1) is 0 Å². The van der Waals surface area contributed by atoms with Crippen molar-refractivity contribution in [2.24, 2.45) is 5.73 Å². The second kappa shape index (κ2) is 8.49. The third-order valence-electron chi connectivity index (χ3n) is 3.40. The molecule has 1 aromatic heterocycles. The number of esters is 3. The van der Waals surface area contributed by atoms with E-state index in [4.69, 9.17) is 29.4 Å². The van der Waals surface area contributed by atoms with Crippen LogP contribution in [0.5, 0.6) is 5.88 Å². The van der Waals surface area contributed by atoms with Gasteiger partial charge in [0.2, 0.25) is 18.3 Å². The van der Waals surface area contributed by atoms with Gasteiger partial charge in [-0.2, -0.15) is 0 Å². The van der Waals surface area contributed by atoms with Crippen molar-refractivity contribution in [2.45, 2.75) is 45.4 Å². The van der Waals surface area contributed by atoms with Gasteiger partial charge in [-0.1, -0.05) is 0 Å². The summed E-state index contributed by atoms with van der Waals surface area (Å²) in [6.07, 6.45) is -3.44. The Morgan fingerprint density at radius 3 is 2.30 bits per heavy atom. The molecule has 2 rings (SSSR count). The van der Waals surface area contributed by atoms with Gasteiger partial charge in [0.1, 0.15) is 12.7 Å². The average molecular weight is 385 g/mol. The fourth-order valence-electron chi connectivity index (χ4n) is 2.43. The van der Waals surface area contributed by atoms with E-state index in [1.165, 1.54) is 13.3 Å². The number of primary amides is 1. The van der Waals surface area contributed by atoms with Crippen LogP contribution < -0.4 is 10.5 Å². The molecule has 2 heterocycles. The molecule has 12 heteroatoms. The zero-order valence-corrected chi connectivity index (χ0v) is 14.8. The normalized spacial score (nSPS) is 24.1. The summed E-state index contributed by atoms with van der Waals surface area (Å²) >= 11 is 0. The standard InChI is InChI=1S/C15H19N3O9/c1-6(19)23-4-9-11(24-7(2)20)12(25-8(3)21)15(26-9)27-14-10(13(16)22)17-5-18-14/h5,9,11-12,15H,4H2,1-3H3,(H2,16,22)(H,17,18)/t9-,11-,12-,15+/m1/s1. The molecule has 1 aliphatic rings. The SMILES string of the molecule is CC(=O)OC[C@H]1O[C@@H](Oc2nc[nH]c2C(N)=O)[C@H](OC(C)=O)[C@@H]1OC(C)=O. The first-order valence-electron chi connectivity index (χ1n) is 7.82. The van der Waals surface area contributed by atoms with Crippen molar-refractivity contribution in [2.75, 3.05) is 6.61 Å². The van der Waals surface area contributed by atoms with Crippen molar-refractivity contribution < 1.29 is 42.9 Å². The van der Waals surface area contributed by atoms with Crippen LogP contribution in [0.3, 0.4) is 0 Å². The number of aromatic nitrogens is 2. The summed E-state index contributed by atoms with van der Waals surface area (Å²) in [7, 11) is 0. The predicted octanol–water partition coefficient (Wildman–Crippen LogP) is -0.961. The highest BCUT2D eigenvalue weighted by molar-refractivity contribution is 5.93. The van der Waals surface area contributed by atoms with E-state index in [0.717, 1.165) is 13.8 Å². The lowest BCUT2D eigenvalue weighted by Crippen LogP contribution is -2.42. The van der Waals surface area contributed by atoms with Crippen LogP contribution in [0.15, 0.2) is 6.33 Å². The number of rotatable bonds is 7. The number of nitrogens with two attached hydrogens (primary N) is 1. The van der Waals surface area contributed by atoms with Crippen LogP contribution in [-0.4, -0.2) is 65.0 Å². The van der Waals surface area contributed by atoms with Crippen LogP contribution in [-0.2, 0) is 33.3 Å². The Morgan fingerprint density at radius 1 is 1.11 bits per heavy atom. The lowest BCUT2D eigenvalue weighted by Gasteiger charge is -2.23. The highest BCUT2D eigenvalue weighted by Crippen LogP contribution is 2.30. The van der Waals surface area contributed by atoms with Gasteiger partial charge in [0.25, 0.3) is 5.91 Å². The van der Waals surface area contributed by atoms with Crippen molar-refractivity contribution >= 4 is 23.8 Å². The van der Waals surface area contributed by atoms with Gasteiger partial charge in [-0.25, -0.2) is 4.98 Å². The molecule has 4 atom stereocenters. The summed E-state index contributed by atoms with van der Waals surface area (Å²) in [4.78, 5) is 51.7. The number of H-pyrrole nitrogens is 1. The molecule has 1 saturated heterocycles. The summed E-state index contributed by atoms with van der Waals surface area (Å²) in [6, 6.07) is 0. The van der Waals surface area contributed by atoms with Crippen molar-refractivity contribution in [3.8, 4) is 5.88 Å². The molecule has 0 bridgehead atoms. The van der Waals surface area contributed by atoms with Gasteiger partial charge in [0.15, 0.2) is 11.8 Å². The summed E-state index contributed by atoms with van der Waals surface area (Å²) < 4.78 is 26.3. The molecule has 1 amide bonds. The number of carbonyl (C=O) groups is 4. The molecule has 0 spiro atoms. The number of hydrogen-bond donors (Lipinski definition) is 2. The quantitative estimate of drug-likeness (QED) is 0.440. The minimum Gasteiger partial charge on any atom is -0.463 e. The van der Waals surface area contributed by atoms with Crippen LogP contribution >= 0.6 is 0 Å². The van der Waals surface area contributed by atoms with Gasteiger partial charge in [0, 0.05) is 20.8 Å². The molecule has 0 radical (unpaired) electrons. The van der Waals surface area contributed by atoms with Crippen LogP contribution in [0.4, 0.5) is 0 Å². The minimum absolute atomic E-state index is 0.132. The summed E-state index contributed by atoms with van der Waals surface area (Å²) in [5, 5.41) is 0. The Balaban J connectivity index is 2.27. The number of nitrogens with one attached hydrogen (secondary N) is 1. The van der Waals surface area contributed by atoms with Crippen molar-refractivity contribution in [1.82, 2.24) is 9.97 Å². The van der Waals surface area contributed by atoms with Gasteiger partial charge in [-0.05, 0) is 0 Å². The molecule has 0 saturated carbocycles. The molecule has 1 aromatic rings. The van der Waals surface area contributed by atoms with Crippen molar-refractivity contribution in [3.05, 3.63) is 12.0 Å². The summed E-state index contributed by atoms with van der Waals surface area (Å²) in [6.45, 7) is 3.20. The minimum atomic E-state index is -1.31. The van der Waals surface area contributed by atoms with Crippen LogP contribution in [0.25, 0.3) is 0 Å². The van der Waals surface area contributed by atoms with E-state index in [-0.39, 0.29) is 18.2 Å². The first kappa shape index (κ1) is 20.2. The fourth-order valence-corrected chi connectivity index (χ4v) is 2.43. The molecule has 0 aromatic carbocycles. The van der Waals surface area contributed by atoms with E-state index in [0.29, 0.717) is 0 Å². The number of aromatic amines is 1. The Kier molecular flexibility index (Phi) is 6.34. The van der Waals surface area contributed by atoms with E-state index in [9.17, 15) is 19.2 Å². The first-order chi connectivity index (χ1) is 12.7. The third-order valence-corrected chi connectivity index (χ3v) is 3.40. The van der Waals surface area contributed by atoms with E-state index in [1.54, 1.807) is 0 Å². The number of amides is 1. The average Bonchev–Trinajstić information content (AvgIpc) is 3.12. The topological polar surface area (TPSA) is 169 Å². The monoisotopic (exact) mass is 385 g/mol. The highest BCUT2D eigenvalue weighted by Gasteiger charge is 2.51. The molecule has 1 aliphatic heterocycles. The molecule has 27 heavy (non-hydrogen) atoms. The Labute approximate surface area is 153 Å². The van der Waals surface area contributed by atoms with Gasteiger partial charge in [-0.3, -0.25) is 19.2 Å². The highest BCUT2D eigenvalue weighted by atomic mass is 16.7. The molecular formula is C15H19N3O9. The van der Waals surface area contributed by atoms with Crippen molar-refractivity contribution in [1.29, 1.82) is 0 Å². The van der Waals surface area contributed by atoms with Gasteiger partial charge in [0.05, 0.1) is 6.33 Å². The molecule has 148 valence electrons. The second-order valence-corrected chi connectivity index (χ2v) is 5.56. The van der Waals surface area contributed by atoms with Crippen LogP contribution in [0, 0.1) is 0 Å². The maximum absolute atomic E-state index is 11.5. The van der Waals surface area contributed by atoms with Crippen LogP contribution in [0.2, 0.25) is 0 Å². The number of ether oxygens (including phenoxy) is 5. The number of nitrogens with zero attached hydrogens (tertiary/aromatic N) is 1. The van der Waals surface area contributed by atoms with Crippen molar-refractivity contribution in [3.63, 3.8) is 0 Å². The van der Waals surface area contributed by atoms with Gasteiger partial charge >= 0.3 is 17.9 Å². The summed E-state index contributed by atoms with van der Waals surface area (Å²) in [5.41, 5.74) is 5.08. The van der Waals surface area contributed by atoms with Gasteiger partial charge < -0.3 is 34.4 Å². The molecule has 1 fully saturated rings. The fraction of sp³-hybridized carbons (Fsp3) is 0.533. The van der Waals surface area contributed by atoms with E-state index in [1.807, 2.05) is 0 Å². The van der Waals surface area contributed by atoms with E-state index >= 15 is 0 Å². The molecular weight excluding hydrogens is 366 g/mol.